The van der Waals surface area contributed by atoms with Crippen LogP contribution in [0.1, 0.15) is 72.6 Å². The Morgan fingerprint density at radius 1 is 1.32 bits per heavy atom. The number of hydrogen-bond donors (Lipinski definition) is 3. The minimum Gasteiger partial charge on any atom is -0.393 e. The number of aromatic nitrogens is 1. The smallest absolute Gasteiger partial charge is 0.268 e. The molecule has 1 amide bonds. The number of aliphatic hydroxyl groups is 1. The summed E-state index contributed by atoms with van der Waals surface area (Å²) in [5, 5.41) is 12.3. The normalized spacial score (nSPS) is 13.7. The van der Waals surface area contributed by atoms with Gasteiger partial charge in [0.05, 0.1) is 6.10 Å². The van der Waals surface area contributed by atoms with Gasteiger partial charge in [-0.1, -0.05) is 20.3 Å². The Bertz CT molecular complexity index is 532. The number of carbonyl (C=O) groups is 2. The molecule has 0 saturated carbocycles. The molecule has 0 spiro atoms. The quantitative estimate of drug-likeness (QED) is 0.646. The lowest BCUT2D eigenvalue weighted by atomic mass is 10.0. The van der Waals surface area contributed by atoms with Crippen molar-refractivity contribution < 1.29 is 14.7 Å². The maximum Gasteiger partial charge on any atom is 0.268 e. The number of carbonyl (C=O) groups excluding carboxylic acids is 2. The number of rotatable bonds is 8. The molecule has 2 unspecified atom stereocenters. The molecule has 0 fully saturated rings. The van der Waals surface area contributed by atoms with Crippen molar-refractivity contribution in [1.29, 1.82) is 0 Å². The Hall–Kier alpha value is -1.62. The molecular weight excluding hydrogens is 280 g/mol. The van der Waals surface area contributed by atoms with Gasteiger partial charge in [-0.25, -0.2) is 0 Å². The fraction of sp³-hybridized carbons (Fsp3) is 0.647. The van der Waals surface area contributed by atoms with Gasteiger partial charge in [0, 0.05) is 17.8 Å². The van der Waals surface area contributed by atoms with E-state index in [9.17, 15) is 14.7 Å². The highest BCUT2D eigenvalue weighted by Crippen LogP contribution is 2.21. The Morgan fingerprint density at radius 3 is 2.45 bits per heavy atom. The summed E-state index contributed by atoms with van der Waals surface area (Å²) in [4.78, 5) is 27.3. The molecule has 1 aromatic rings. The molecule has 0 saturated heterocycles. The monoisotopic (exact) mass is 308 g/mol. The summed E-state index contributed by atoms with van der Waals surface area (Å²) in [6.45, 7) is 9.61. The van der Waals surface area contributed by atoms with E-state index in [1.165, 1.54) is 6.92 Å². The summed E-state index contributed by atoms with van der Waals surface area (Å²) >= 11 is 0. The maximum absolute atomic E-state index is 12.4. The first kappa shape index (κ1) is 18.4. The molecule has 1 rings (SSSR count). The Balaban J connectivity index is 2.89. The number of nitrogens with one attached hydrogen (secondary N) is 2. The minimum atomic E-state index is -0.375. The predicted molar refractivity (Wildman–Crippen MR) is 87.3 cm³/mol. The fourth-order valence-electron chi connectivity index (χ4n) is 2.87. The van der Waals surface area contributed by atoms with Gasteiger partial charge in [-0.3, -0.25) is 9.59 Å². The van der Waals surface area contributed by atoms with Crippen LogP contribution in [0.15, 0.2) is 0 Å². The summed E-state index contributed by atoms with van der Waals surface area (Å²) < 4.78 is 0. The maximum atomic E-state index is 12.4. The molecule has 0 radical (unpaired) electrons. The Kier molecular flexibility index (Phi) is 6.81. The van der Waals surface area contributed by atoms with Crippen molar-refractivity contribution in [2.45, 2.75) is 60.0 Å². The van der Waals surface area contributed by atoms with E-state index in [1.807, 2.05) is 20.8 Å². The van der Waals surface area contributed by atoms with E-state index in [-0.39, 0.29) is 23.7 Å². The van der Waals surface area contributed by atoms with Gasteiger partial charge in [0.25, 0.3) is 5.91 Å². The van der Waals surface area contributed by atoms with Crippen LogP contribution in [0.5, 0.6) is 0 Å². The number of aliphatic hydroxyl groups excluding tert-OH is 1. The van der Waals surface area contributed by atoms with Crippen LogP contribution in [0.4, 0.5) is 0 Å². The molecule has 2 atom stereocenters. The summed E-state index contributed by atoms with van der Waals surface area (Å²) in [5.41, 5.74) is 2.70. The van der Waals surface area contributed by atoms with Crippen molar-refractivity contribution in [3.05, 3.63) is 22.5 Å². The van der Waals surface area contributed by atoms with Crippen LogP contribution in [0.3, 0.4) is 0 Å². The molecule has 0 aliphatic heterocycles. The van der Waals surface area contributed by atoms with Crippen molar-refractivity contribution in [2.24, 2.45) is 5.92 Å². The fourth-order valence-corrected chi connectivity index (χ4v) is 2.87. The van der Waals surface area contributed by atoms with Crippen LogP contribution < -0.4 is 5.32 Å². The molecule has 0 aliphatic rings. The SMILES string of the molecule is CCCc1c(C(=O)NCC(C)CC(C)O)[nH]c(C)c1C(C)=O. The van der Waals surface area contributed by atoms with Gasteiger partial charge < -0.3 is 15.4 Å². The zero-order chi connectivity index (χ0) is 16.9. The molecule has 5 heteroatoms. The summed E-state index contributed by atoms with van der Waals surface area (Å²) in [5.74, 6) is -0.00266. The average Bonchev–Trinajstić information content (AvgIpc) is 2.72. The lowest BCUT2D eigenvalue weighted by Gasteiger charge is -2.14. The largest absolute Gasteiger partial charge is 0.393 e. The first-order valence-electron chi connectivity index (χ1n) is 7.96. The summed E-state index contributed by atoms with van der Waals surface area (Å²) in [6.07, 6.45) is 1.84. The molecule has 3 N–H and O–H groups in total. The van der Waals surface area contributed by atoms with E-state index < -0.39 is 0 Å². The minimum absolute atomic E-state index is 0.0151. The Labute approximate surface area is 132 Å². The topological polar surface area (TPSA) is 82.2 Å². The summed E-state index contributed by atoms with van der Waals surface area (Å²) in [7, 11) is 0. The van der Waals surface area contributed by atoms with Gasteiger partial charge >= 0.3 is 0 Å². The molecule has 0 bridgehead atoms. The van der Waals surface area contributed by atoms with Crippen LogP contribution in [0.2, 0.25) is 0 Å². The molecular formula is C17H28N2O3. The molecule has 0 aliphatic carbocycles. The van der Waals surface area contributed by atoms with Crippen molar-refractivity contribution in [2.75, 3.05) is 6.54 Å². The standard InChI is InChI=1S/C17H28N2O3/c1-6-7-14-15(13(5)21)12(4)19-16(14)17(22)18-9-10(2)8-11(3)20/h10-11,19-20H,6-9H2,1-5H3,(H,18,22). The van der Waals surface area contributed by atoms with Gasteiger partial charge in [0.2, 0.25) is 0 Å². The third kappa shape index (κ3) is 4.70. The third-order valence-corrected chi connectivity index (χ3v) is 3.72. The second-order valence-electron chi connectivity index (χ2n) is 6.18. The van der Waals surface area contributed by atoms with E-state index >= 15 is 0 Å². The van der Waals surface area contributed by atoms with Crippen LogP contribution in [-0.4, -0.2) is 34.4 Å². The molecule has 5 nitrogen and oxygen atoms in total. The number of aromatic amines is 1. The first-order valence-corrected chi connectivity index (χ1v) is 7.96. The second kappa shape index (κ2) is 8.13. The van der Waals surface area contributed by atoms with E-state index in [4.69, 9.17) is 0 Å². The van der Waals surface area contributed by atoms with E-state index in [1.54, 1.807) is 6.92 Å². The van der Waals surface area contributed by atoms with E-state index in [0.717, 1.165) is 17.7 Å². The van der Waals surface area contributed by atoms with Gasteiger partial charge in [-0.15, -0.1) is 0 Å². The van der Waals surface area contributed by atoms with E-state index in [0.29, 0.717) is 30.6 Å². The summed E-state index contributed by atoms with van der Waals surface area (Å²) in [6, 6.07) is 0. The van der Waals surface area contributed by atoms with Gasteiger partial charge in [0.15, 0.2) is 5.78 Å². The van der Waals surface area contributed by atoms with E-state index in [2.05, 4.69) is 10.3 Å². The number of aryl methyl sites for hydroxylation is 1. The van der Waals surface area contributed by atoms with Crippen molar-refractivity contribution in [3.63, 3.8) is 0 Å². The lowest BCUT2D eigenvalue weighted by Crippen LogP contribution is -2.30. The second-order valence-corrected chi connectivity index (χ2v) is 6.18. The van der Waals surface area contributed by atoms with Crippen LogP contribution in [-0.2, 0) is 6.42 Å². The number of hydrogen-bond acceptors (Lipinski definition) is 3. The lowest BCUT2D eigenvalue weighted by molar-refractivity contribution is 0.0934. The van der Waals surface area contributed by atoms with Gasteiger partial charge in [-0.05, 0) is 45.1 Å². The van der Waals surface area contributed by atoms with Gasteiger partial charge in [-0.2, -0.15) is 0 Å². The number of ketones is 1. The van der Waals surface area contributed by atoms with Gasteiger partial charge in [0.1, 0.15) is 5.69 Å². The molecule has 22 heavy (non-hydrogen) atoms. The van der Waals surface area contributed by atoms with Crippen LogP contribution in [0, 0.1) is 12.8 Å². The van der Waals surface area contributed by atoms with Crippen molar-refractivity contribution >= 4 is 11.7 Å². The number of Topliss-reactive ketones (excluding diaryl/α,β-unsaturated/α-hetero) is 1. The zero-order valence-corrected chi connectivity index (χ0v) is 14.2. The predicted octanol–water partition coefficient (Wildman–Crippen LogP) is 2.62. The molecule has 0 aromatic carbocycles. The Morgan fingerprint density at radius 2 is 1.95 bits per heavy atom. The molecule has 1 aromatic heterocycles. The average molecular weight is 308 g/mol. The molecule has 124 valence electrons. The van der Waals surface area contributed by atoms with Crippen molar-refractivity contribution in [1.82, 2.24) is 10.3 Å². The highest BCUT2D eigenvalue weighted by Gasteiger charge is 2.22. The first-order chi connectivity index (χ1) is 10.3. The zero-order valence-electron chi connectivity index (χ0n) is 14.2. The van der Waals surface area contributed by atoms with Crippen molar-refractivity contribution in [3.8, 4) is 0 Å². The highest BCUT2D eigenvalue weighted by molar-refractivity contribution is 6.02. The molecule has 1 heterocycles. The number of H-pyrrole nitrogens is 1. The number of amides is 1. The van der Waals surface area contributed by atoms with Crippen LogP contribution in [0.25, 0.3) is 0 Å². The van der Waals surface area contributed by atoms with Crippen LogP contribution >= 0.6 is 0 Å². The third-order valence-electron chi connectivity index (χ3n) is 3.72. The highest BCUT2D eigenvalue weighted by atomic mass is 16.3.